The van der Waals surface area contributed by atoms with Crippen molar-refractivity contribution in [3.63, 3.8) is 0 Å². The van der Waals surface area contributed by atoms with Crippen LogP contribution in [0.15, 0.2) is 53.1 Å². The summed E-state index contributed by atoms with van der Waals surface area (Å²) in [6, 6.07) is 14.5. The van der Waals surface area contributed by atoms with Gasteiger partial charge in [0.25, 0.3) is 0 Å². The van der Waals surface area contributed by atoms with Gasteiger partial charge in [0, 0.05) is 33.7 Å². The third kappa shape index (κ3) is 4.07. The molecule has 4 aromatic heterocycles. The molecule has 5 rings (SSSR count). The van der Waals surface area contributed by atoms with E-state index >= 15 is 0 Å². The van der Waals surface area contributed by atoms with E-state index in [2.05, 4.69) is 77.3 Å². The predicted octanol–water partition coefficient (Wildman–Crippen LogP) is 6.23. The van der Waals surface area contributed by atoms with Gasteiger partial charge in [-0.25, -0.2) is 24.5 Å². The van der Waals surface area contributed by atoms with Gasteiger partial charge in [-0.2, -0.15) is 0 Å². The zero-order valence-electron chi connectivity index (χ0n) is 21.8. The van der Waals surface area contributed by atoms with E-state index in [4.69, 9.17) is 24.4 Å². The maximum atomic E-state index is 6.44. The molecule has 178 valence electrons. The van der Waals surface area contributed by atoms with Crippen molar-refractivity contribution >= 4 is 22.1 Å². The summed E-state index contributed by atoms with van der Waals surface area (Å²) in [5, 5.41) is 2.02. The fraction of sp³-hybridized carbons (Fsp3) is 0.345. The maximum absolute atomic E-state index is 6.44. The summed E-state index contributed by atoms with van der Waals surface area (Å²) in [6.45, 7) is 14.8. The molecule has 0 radical (unpaired) electrons. The molecule has 0 aliphatic carbocycles. The lowest BCUT2D eigenvalue weighted by Crippen LogP contribution is -2.30. The van der Waals surface area contributed by atoms with Gasteiger partial charge in [0.1, 0.15) is 24.4 Å². The highest BCUT2D eigenvalue weighted by molar-refractivity contribution is 6.09. The molecular weight excluding hydrogens is 434 g/mol. The van der Waals surface area contributed by atoms with Gasteiger partial charge in [-0.15, -0.1) is 0 Å². The molecule has 0 aliphatic rings. The van der Waals surface area contributed by atoms with Crippen LogP contribution in [0.2, 0.25) is 0 Å². The Morgan fingerprint density at radius 1 is 0.743 bits per heavy atom. The van der Waals surface area contributed by atoms with Crippen LogP contribution in [0.1, 0.15) is 58.8 Å². The molecule has 4 heterocycles. The van der Waals surface area contributed by atoms with Crippen molar-refractivity contribution in [2.75, 3.05) is 0 Å². The number of pyridine rings is 2. The van der Waals surface area contributed by atoms with Gasteiger partial charge >= 0.3 is 0 Å². The van der Waals surface area contributed by atoms with Crippen molar-refractivity contribution < 1.29 is 8.98 Å². The number of aromatic nitrogens is 5. The molecule has 0 aliphatic heterocycles. The summed E-state index contributed by atoms with van der Waals surface area (Å²) in [7, 11) is 2.05. The van der Waals surface area contributed by atoms with Gasteiger partial charge in [-0.1, -0.05) is 53.7 Å². The van der Waals surface area contributed by atoms with Crippen molar-refractivity contribution in [2.45, 2.75) is 59.3 Å². The zero-order chi connectivity index (χ0) is 25.1. The Kier molecular flexibility index (Phi) is 5.24. The van der Waals surface area contributed by atoms with E-state index < -0.39 is 0 Å². The van der Waals surface area contributed by atoms with Gasteiger partial charge in [-0.3, -0.25) is 0 Å². The molecule has 0 N–H and O–H groups in total. The average Bonchev–Trinajstić information content (AvgIpc) is 3.16. The molecule has 0 amide bonds. The van der Waals surface area contributed by atoms with Crippen LogP contribution in [0.5, 0.6) is 0 Å². The maximum Gasteiger partial charge on any atom is 0.228 e. The van der Waals surface area contributed by atoms with Gasteiger partial charge in [0.2, 0.25) is 11.4 Å². The minimum absolute atomic E-state index is 0.210. The minimum Gasteiger partial charge on any atom is -0.437 e. The lowest BCUT2D eigenvalue weighted by Gasteiger charge is -2.22. The summed E-state index contributed by atoms with van der Waals surface area (Å²) < 4.78 is 8.55. The van der Waals surface area contributed by atoms with Crippen molar-refractivity contribution in [3.8, 4) is 22.8 Å². The fourth-order valence-electron chi connectivity index (χ4n) is 4.21. The molecule has 0 spiro atoms. The van der Waals surface area contributed by atoms with E-state index in [0.717, 1.165) is 44.8 Å². The summed E-state index contributed by atoms with van der Waals surface area (Å²) >= 11 is 0. The topological polar surface area (TPSA) is 68.6 Å². The summed E-state index contributed by atoms with van der Waals surface area (Å²) in [5.74, 6) is 2.09. The van der Waals surface area contributed by atoms with Crippen LogP contribution in [0.25, 0.3) is 44.8 Å². The number of hydrogen-bond donors (Lipinski definition) is 0. The second kappa shape index (κ2) is 7.94. The number of nitrogens with zero attached hydrogens (tertiary/aromatic N) is 5. The van der Waals surface area contributed by atoms with E-state index in [1.807, 2.05) is 31.4 Å². The summed E-state index contributed by atoms with van der Waals surface area (Å²) in [6.07, 6.45) is 2.05. The zero-order valence-corrected chi connectivity index (χ0v) is 21.8. The summed E-state index contributed by atoms with van der Waals surface area (Å²) in [5.41, 5.74) is 5.01. The molecule has 6 heteroatoms. The van der Waals surface area contributed by atoms with E-state index in [9.17, 15) is 0 Å². The van der Waals surface area contributed by atoms with E-state index in [0.29, 0.717) is 17.2 Å². The Morgan fingerprint density at radius 2 is 1.40 bits per heavy atom. The molecule has 0 atom stereocenters. The van der Waals surface area contributed by atoms with Crippen LogP contribution in [0.4, 0.5) is 0 Å². The number of hydrogen-bond acceptors (Lipinski definition) is 5. The smallest absolute Gasteiger partial charge is 0.228 e. The molecule has 0 saturated heterocycles. The van der Waals surface area contributed by atoms with E-state index in [1.165, 1.54) is 0 Å². The quantitative estimate of drug-likeness (QED) is 0.289. The van der Waals surface area contributed by atoms with Crippen LogP contribution >= 0.6 is 0 Å². The van der Waals surface area contributed by atoms with Gasteiger partial charge < -0.3 is 4.42 Å². The first-order valence-corrected chi connectivity index (χ1v) is 12.0. The molecule has 0 saturated carbocycles. The van der Waals surface area contributed by atoms with Crippen LogP contribution in [0.3, 0.4) is 0 Å². The molecule has 1 aromatic carbocycles. The average molecular weight is 467 g/mol. The third-order valence-corrected chi connectivity index (χ3v) is 6.23. The third-order valence-electron chi connectivity index (χ3n) is 6.23. The first-order valence-electron chi connectivity index (χ1n) is 12.0. The highest BCUT2D eigenvalue weighted by atomic mass is 16.3. The van der Waals surface area contributed by atoms with Gasteiger partial charge in [0.05, 0.1) is 5.56 Å². The van der Waals surface area contributed by atoms with Crippen LogP contribution in [0, 0.1) is 6.92 Å². The Bertz CT molecular complexity index is 1550. The minimum atomic E-state index is -0.210. The molecular formula is C29H32N5O+. The molecule has 6 nitrogen and oxygen atoms in total. The van der Waals surface area contributed by atoms with Gasteiger partial charge in [-0.05, 0) is 30.7 Å². The lowest BCUT2D eigenvalue weighted by atomic mass is 9.93. The van der Waals surface area contributed by atoms with Crippen LogP contribution in [-0.2, 0) is 17.9 Å². The highest BCUT2D eigenvalue weighted by Crippen LogP contribution is 2.37. The SMILES string of the molecule is Cc1ccc2c(oc3nc(-c4nc(C(C)(C)C)nc(C(C)(C)C)n4)ccc32)c1-c1cccc[n+]1C. The van der Waals surface area contributed by atoms with Crippen LogP contribution in [-0.4, -0.2) is 19.9 Å². The summed E-state index contributed by atoms with van der Waals surface area (Å²) in [4.78, 5) is 19.3. The number of benzene rings is 1. The monoisotopic (exact) mass is 466 g/mol. The number of fused-ring (bicyclic) bond motifs is 3. The Balaban J connectivity index is 1.74. The first-order chi connectivity index (χ1) is 16.4. The lowest BCUT2D eigenvalue weighted by molar-refractivity contribution is -0.660. The van der Waals surface area contributed by atoms with Crippen LogP contribution < -0.4 is 4.57 Å². The van der Waals surface area contributed by atoms with E-state index in [1.54, 1.807) is 0 Å². The Labute approximate surface area is 206 Å². The molecule has 5 aromatic rings. The first kappa shape index (κ1) is 23.1. The molecule has 0 fully saturated rings. The fourth-order valence-corrected chi connectivity index (χ4v) is 4.21. The molecule has 0 unspecified atom stereocenters. The predicted molar refractivity (Wildman–Crippen MR) is 139 cm³/mol. The molecule has 35 heavy (non-hydrogen) atoms. The second-order valence-electron chi connectivity index (χ2n) is 11.3. The Hall–Kier alpha value is -3.67. The number of furan rings is 1. The van der Waals surface area contributed by atoms with E-state index in [-0.39, 0.29) is 10.8 Å². The number of aryl methyl sites for hydroxylation is 2. The van der Waals surface area contributed by atoms with Crippen molar-refractivity contribution in [1.82, 2.24) is 19.9 Å². The largest absolute Gasteiger partial charge is 0.437 e. The number of rotatable bonds is 2. The standard InChI is InChI=1S/C29H32N5O/c1-17-12-13-18-19-14-15-20(24-31-26(28(2,3)4)33-27(32-24)29(5,6)7)30-25(19)35-23(18)22(17)21-11-9-10-16-34(21)8/h9-16H,1-8H3/q+1. The second-order valence-corrected chi connectivity index (χ2v) is 11.3. The normalized spacial score (nSPS) is 12.6. The Morgan fingerprint density at radius 3 is 2.03 bits per heavy atom. The van der Waals surface area contributed by atoms with Gasteiger partial charge in [0.15, 0.2) is 17.6 Å². The van der Waals surface area contributed by atoms with Crippen molar-refractivity contribution in [2.24, 2.45) is 7.05 Å². The van der Waals surface area contributed by atoms with Crippen molar-refractivity contribution in [1.29, 1.82) is 0 Å². The molecule has 0 bridgehead atoms. The van der Waals surface area contributed by atoms with Crippen molar-refractivity contribution in [3.05, 3.63) is 65.9 Å². The highest BCUT2D eigenvalue weighted by Gasteiger charge is 2.26.